The fourth-order valence-electron chi connectivity index (χ4n) is 2.38. The second-order valence-corrected chi connectivity index (χ2v) is 5.29. The Bertz CT molecular complexity index is 508. The van der Waals surface area contributed by atoms with Crippen LogP contribution in [-0.4, -0.2) is 43.0 Å². The summed E-state index contributed by atoms with van der Waals surface area (Å²) in [6.07, 6.45) is 6.40. The van der Waals surface area contributed by atoms with Crippen molar-refractivity contribution in [3.05, 3.63) is 42.0 Å². The molecule has 2 rings (SSSR count). The van der Waals surface area contributed by atoms with E-state index in [0.29, 0.717) is 19.5 Å². The van der Waals surface area contributed by atoms with E-state index in [-0.39, 0.29) is 11.9 Å². The van der Waals surface area contributed by atoms with Crippen LogP contribution in [0, 0.1) is 0 Å². The molecule has 1 aliphatic rings. The number of nitrogens with zero attached hydrogens (tertiary/aromatic N) is 1. The van der Waals surface area contributed by atoms with Crippen LogP contribution in [0.3, 0.4) is 0 Å². The molecule has 2 N–H and O–H groups in total. The van der Waals surface area contributed by atoms with E-state index in [2.05, 4.69) is 10.6 Å². The van der Waals surface area contributed by atoms with Crippen molar-refractivity contribution in [2.24, 2.45) is 0 Å². The third-order valence-electron chi connectivity index (χ3n) is 3.57. The molecule has 118 valence electrons. The molecular formula is C17H23N3O2. The number of carbonyl (C=O) groups is 2. The zero-order valence-corrected chi connectivity index (χ0v) is 12.8. The average Bonchev–Trinajstić information content (AvgIpc) is 3.07. The van der Waals surface area contributed by atoms with Crippen LogP contribution in [0.15, 0.2) is 36.4 Å². The molecule has 0 aromatic heterocycles. The Balaban J connectivity index is 1.56. The lowest BCUT2D eigenvalue weighted by Gasteiger charge is -2.15. The van der Waals surface area contributed by atoms with E-state index in [0.717, 1.165) is 31.5 Å². The first-order chi connectivity index (χ1) is 10.8. The highest BCUT2D eigenvalue weighted by atomic mass is 16.2. The van der Waals surface area contributed by atoms with Crippen LogP contribution >= 0.6 is 0 Å². The molecule has 1 aromatic carbocycles. The predicted octanol–water partition coefficient (Wildman–Crippen LogP) is 2.01. The van der Waals surface area contributed by atoms with Gasteiger partial charge in [-0.2, -0.15) is 0 Å². The number of amides is 3. The zero-order chi connectivity index (χ0) is 15.6. The van der Waals surface area contributed by atoms with Gasteiger partial charge in [0.2, 0.25) is 5.91 Å². The minimum Gasteiger partial charge on any atom is -0.343 e. The van der Waals surface area contributed by atoms with E-state index in [1.165, 1.54) is 0 Å². The van der Waals surface area contributed by atoms with Crippen LogP contribution in [0.2, 0.25) is 0 Å². The van der Waals surface area contributed by atoms with Gasteiger partial charge in [-0.05, 0) is 18.4 Å². The van der Waals surface area contributed by atoms with Gasteiger partial charge in [0.05, 0.1) is 0 Å². The Kier molecular flexibility index (Phi) is 6.48. The first-order valence-electron chi connectivity index (χ1n) is 7.77. The summed E-state index contributed by atoms with van der Waals surface area (Å²) in [7, 11) is 0. The molecule has 1 aromatic rings. The Morgan fingerprint density at radius 2 is 1.82 bits per heavy atom. The van der Waals surface area contributed by atoms with E-state index in [1.54, 1.807) is 0 Å². The van der Waals surface area contributed by atoms with Crippen molar-refractivity contribution in [1.29, 1.82) is 0 Å². The molecule has 0 spiro atoms. The molecule has 0 bridgehead atoms. The summed E-state index contributed by atoms with van der Waals surface area (Å²) < 4.78 is 0. The number of urea groups is 1. The number of hydrogen-bond donors (Lipinski definition) is 2. The van der Waals surface area contributed by atoms with Gasteiger partial charge in [-0.3, -0.25) is 4.79 Å². The number of nitrogens with one attached hydrogen (secondary N) is 2. The number of carbonyl (C=O) groups excluding carboxylic acids is 2. The number of rotatable bonds is 6. The van der Waals surface area contributed by atoms with Crippen molar-refractivity contribution in [1.82, 2.24) is 15.5 Å². The molecule has 3 amide bonds. The highest BCUT2D eigenvalue weighted by Crippen LogP contribution is 2.08. The Morgan fingerprint density at radius 1 is 1.09 bits per heavy atom. The summed E-state index contributed by atoms with van der Waals surface area (Å²) in [5.41, 5.74) is 1.10. The van der Waals surface area contributed by atoms with Gasteiger partial charge in [-0.15, -0.1) is 0 Å². The highest BCUT2D eigenvalue weighted by molar-refractivity contribution is 5.78. The maximum atomic E-state index is 11.8. The maximum Gasteiger partial charge on any atom is 0.315 e. The van der Waals surface area contributed by atoms with Crippen molar-refractivity contribution in [3.63, 3.8) is 0 Å². The SMILES string of the molecule is O=C(NC/C=C/c1ccccc1)NCCC(=O)N1CCCC1. The third kappa shape index (κ3) is 5.60. The molecule has 1 saturated heterocycles. The van der Waals surface area contributed by atoms with E-state index < -0.39 is 0 Å². The monoisotopic (exact) mass is 301 g/mol. The van der Waals surface area contributed by atoms with E-state index >= 15 is 0 Å². The smallest absolute Gasteiger partial charge is 0.315 e. The van der Waals surface area contributed by atoms with Gasteiger partial charge < -0.3 is 15.5 Å². The lowest BCUT2D eigenvalue weighted by molar-refractivity contribution is -0.129. The number of hydrogen-bond acceptors (Lipinski definition) is 2. The highest BCUT2D eigenvalue weighted by Gasteiger charge is 2.17. The second kappa shape index (κ2) is 8.87. The normalized spacial score (nSPS) is 14.3. The van der Waals surface area contributed by atoms with Gasteiger partial charge in [-0.25, -0.2) is 4.79 Å². The molecule has 1 fully saturated rings. The van der Waals surface area contributed by atoms with E-state index in [1.807, 2.05) is 47.4 Å². The fraction of sp³-hybridized carbons (Fsp3) is 0.412. The van der Waals surface area contributed by atoms with Gasteiger partial charge in [0.25, 0.3) is 0 Å². The minimum atomic E-state index is -0.244. The average molecular weight is 301 g/mol. The molecule has 0 unspecified atom stereocenters. The molecule has 1 heterocycles. The van der Waals surface area contributed by atoms with Gasteiger partial charge in [-0.1, -0.05) is 42.5 Å². The molecule has 5 heteroatoms. The van der Waals surface area contributed by atoms with Crippen LogP contribution in [0.1, 0.15) is 24.8 Å². The Labute approximate surface area is 131 Å². The van der Waals surface area contributed by atoms with Crippen LogP contribution in [0.4, 0.5) is 4.79 Å². The first kappa shape index (κ1) is 16.1. The lowest BCUT2D eigenvalue weighted by atomic mass is 10.2. The van der Waals surface area contributed by atoms with Crippen LogP contribution in [0.25, 0.3) is 6.08 Å². The maximum absolute atomic E-state index is 11.8. The van der Waals surface area contributed by atoms with Gasteiger partial charge >= 0.3 is 6.03 Å². The van der Waals surface area contributed by atoms with Crippen molar-refractivity contribution in [2.45, 2.75) is 19.3 Å². The summed E-state index contributed by atoms with van der Waals surface area (Å²) in [5, 5.41) is 5.44. The molecule has 0 radical (unpaired) electrons. The zero-order valence-electron chi connectivity index (χ0n) is 12.8. The van der Waals surface area contributed by atoms with E-state index in [9.17, 15) is 9.59 Å². The predicted molar refractivity (Wildman–Crippen MR) is 87.3 cm³/mol. The molecular weight excluding hydrogens is 278 g/mol. The van der Waals surface area contributed by atoms with Crippen molar-refractivity contribution < 1.29 is 9.59 Å². The van der Waals surface area contributed by atoms with Crippen LogP contribution in [0.5, 0.6) is 0 Å². The van der Waals surface area contributed by atoms with Crippen LogP contribution < -0.4 is 10.6 Å². The molecule has 0 aliphatic carbocycles. The quantitative estimate of drug-likeness (QED) is 0.844. The topological polar surface area (TPSA) is 61.4 Å². The standard InChI is InChI=1S/C17H23N3O2/c21-16(20-13-4-5-14-20)10-12-19-17(22)18-11-6-9-15-7-2-1-3-8-15/h1-3,6-9H,4-5,10-14H2,(H2,18,19,22)/b9-6+. The minimum absolute atomic E-state index is 0.127. The summed E-state index contributed by atoms with van der Waals surface area (Å²) >= 11 is 0. The van der Waals surface area contributed by atoms with Crippen molar-refractivity contribution >= 4 is 18.0 Å². The number of likely N-dealkylation sites (tertiary alicyclic amines) is 1. The molecule has 0 saturated carbocycles. The van der Waals surface area contributed by atoms with E-state index in [4.69, 9.17) is 0 Å². The first-order valence-corrected chi connectivity index (χ1v) is 7.77. The summed E-state index contributed by atoms with van der Waals surface area (Å²) in [4.78, 5) is 25.2. The molecule has 1 aliphatic heterocycles. The van der Waals surface area contributed by atoms with Gasteiger partial charge in [0.1, 0.15) is 0 Å². The second-order valence-electron chi connectivity index (χ2n) is 5.29. The molecule has 0 atom stereocenters. The summed E-state index contributed by atoms with van der Waals surface area (Å²) in [6, 6.07) is 9.66. The lowest BCUT2D eigenvalue weighted by Crippen LogP contribution is -2.38. The fourth-order valence-corrected chi connectivity index (χ4v) is 2.38. The van der Waals surface area contributed by atoms with Gasteiger partial charge in [0.15, 0.2) is 0 Å². The Morgan fingerprint density at radius 3 is 2.55 bits per heavy atom. The summed E-state index contributed by atoms with van der Waals surface area (Å²) in [6.45, 7) is 2.55. The van der Waals surface area contributed by atoms with Gasteiger partial charge in [0, 0.05) is 32.6 Å². The van der Waals surface area contributed by atoms with Crippen molar-refractivity contribution in [2.75, 3.05) is 26.2 Å². The largest absolute Gasteiger partial charge is 0.343 e. The van der Waals surface area contributed by atoms with Crippen LogP contribution in [-0.2, 0) is 4.79 Å². The van der Waals surface area contributed by atoms with Crippen molar-refractivity contribution in [3.8, 4) is 0 Å². The molecule has 5 nitrogen and oxygen atoms in total. The third-order valence-corrected chi connectivity index (χ3v) is 3.57. The summed E-state index contributed by atoms with van der Waals surface area (Å²) in [5.74, 6) is 0.127. The molecule has 22 heavy (non-hydrogen) atoms. The number of benzene rings is 1. The Hall–Kier alpha value is -2.30.